The summed E-state index contributed by atoms with van der Waals surface area (Å²) < 4.78 is 4.90. The van der Waals surface area contributed by atoms with Crippen molar-refractivity contribution in [3.8, 4) is 0 Å². The molecule has 1 aromatic carbocycles. The van der Waals surface area contributed by atoms with Crippen molar-refractivity contribution < 1.29 is 18.8 Å². The third kappa shape index (κ3) is 4.76. The molecule has 1 aliphatic heterocycles. The van der Waals surface area contributed by atoms with Crippen LogP contribution in [0, 0.1) is 5.41 Å². The average Bonchev–Trinajstić information content (AvgIpc) is 3.18. The summed E-state index contributed by atoms with van der Waals surface area (Å²) in [6.07, 6.45) is 1.30. The third-order valence-electron chi connectivity index (χ3n) is 3.22. The summed E-state index contributed by atoms with van der Waals surface area (Å²) in [6.45, 7) is 0. The summed E-state index contributed by atoms with van der Waals surface area (Å²) in [7, 11) is 0. The molecule has 1 aliphatic rings. The molecule has 0 unspecified atom stereocenters. The molecular formula is C17H13N5O4S. The minimum absolute atomic E-state index is 0.0148. The second kappa shape index (κ2) is 8.23. The maximum atomic E-state index is 12.1. The van der Waals surface area contributed by atoms with Crippen molar-refractivity contribution in [1.29, 1.82) is 5.41 Å². The molecule has 2 heterocycles. The number of amidine groups is 2. The van der Waals surface area contributed by atoms with E-state index in [1.54, 1.807) is 24.3 Å². The van der Waals surface area contributed by atoms with E-state index in [0.717, 1.165) is 11.8 Å². The fourth-order valence-electron chi connectivity index (χ4n) is 2.03. The number of nitrogens with one attached hydrogen (secondary N) is 3. The number of hydrogen-bond donors (Lipinski definition) is 3. The Balaban J connectivity index is 1.60. The molecule has 27 heavy (non-hydrogen) atoms. The Morgan fingerprint density at radius 1 is 1.22 bits per heavy atom. The number of aliphatic imine (C=N–C) groups is 2. The molecule has 0 saturated carbocycles. The SMILES string of the molecule is N=C1N=C(SCC(=O)Nc2ccccc2)NC(=O)C1=NC(=O)c1ccco1. The Bertz CT molecular complexity index is 951. The number of amides is 3. The van der Waals surface area contributed by atoms with Gasteiger partial charge >= 0.3 is 5.91 Å². The number of benzene rings is 1. The van der Waals surface area contributed by atoms with Gasteiger partial charge in [-0.2, -0.15) is 4.99 Å². The molecule has 2 aromatic rings. The van der Waals surface area contributed by atoms with Crippen LogP contribution in [0.15, 0.2) is 63.1 Å². The van der Waals surface area contributed by atoms with Gasteiger partial charge in [-0.25, -0.2) is 4.99 Å². The van der Waals surface area contributed by atoms with Gasteiger partial charge in [0, 0.05) is 5.69 Å². The molecule has 3 N–H and O–H groups in total. The predicted octanol–water partition coefficient (Wildman–Crippen LogP) is 1.70. The standard InChI is InChI=1S/C17H13N5O4S/c18-14-13(20-15(24)11-7-4-8-26-11)16(25)22-17(21-14)27-9-12(23)19-10-5-2-1-3-6-10/h1-8H,9H2,(H,19,23)(H2,18,21,22,25). The second-order valence-electron chi connectivity index (χ2n) is 5.17. The van der Waals surface area contributed by atoms with Crippen molar-refractivity contribution in [3.63, 3.8) is 0 Å². The van der Waals surface area contributed by atoms with Crippen LogP contribution in [-0.4, -0.2) is 40.2 Å². The first-order chi connectivity index (χ1) is 13.0. The lowest BCUT2D eigenvalue weighted by Gasteiger charge is -2.14. The zero-order chi connectivity index (χ0) is 19.2. The number of anilines is 1. The molecule has 0 saturated heterocycles. The van der Waals surface area contributed by atoms with Gasteiger partial charge in [-0.05, 0) is 24.3 Å². The molecular weight excluding hydrogens is 370 g/mol. The van der Waals surface area contributed by atoms with Gasteiger partial charge in [0.2, 0.25) is 5.91 Å². The largest absolute Gasteiger partial charge is 0.459 e. The molecule has 0 aliphatic carbocycles. The van der Waals surface area contributed by atoms with E-state index in [0.29, 0.717) is 5.69 Å². The maximum absolute atomic E-state index is 12.1. The first-order valence-corrected chi connectivity index (χ1v) is 8.64. The molecule has 3 rings (SSSR count). The van der Waals surface area contributed by atoms with Crippen LogP contribution in [0.2, 0.25) is 0 Å². The van der Waals surface area contributed by atoms with Crippen molar-refractivity contribution >= 4 is 51.9 Å². The van der Waals surface area contributed by atoms with Crippen LogP contribution in [0.1, 0.15) is 10.6 Å². The highest BCUT2D eigenvalue weighted by Gasteiger charge is 2.26. The normalized spacial score (nSPS) is 15.3. The quantitative estimate of drug-likeness (QED) is 0.738. The summed E-state index contributed by atoms with van der Waals surface area (Å²) in [5, 5.41) is 13.0. The first-order valence-electron chi connectivity index (χ1n) is 7.66. The van der Waals surface area contributed by atoms with Gasteiger partial charge in [0.15, 0.2) is 22.5 Å². The topological polar surface area (TPSA) is 137 Å². The van der Waals surface area contributed by atoms with E-state index in [4.69, 9.17) is 9.83 Å². The van der Waals surface area contributed by atoms with Crippen molar-refractivity contribution in [2.75, 3.05) is 11.1 Å². The fraction of sp³-hybridized carbons (Fsp3) is 0.0588. The summed E-state index contributed by atoms with van der Waals surface area (Å²) >= 11 is 0.958. The highest BCUT2D eigenvalue weighted by Crippen LogP contribution is 2.11. The molecule has 10 heteroatoms. The zero-order valence-electron chi connectivity index (χ0n) is 13.8. The van der Waals surface area contributed by atoms with E-state index < -0.39 is 23.4 Å². The molecule has 1 aromatic heterocycles. The lowest BCUT2D eigenvalue weighted by Crippen LogP contribution is -2.43. The van der Waals surface area contributed by atoms with E-state index in [1.165, 1.54) is 18.4 Å². The van der Waals surface area contributed by atoms with Gasteiger partial charge in [-0.1, -0.05) is 30.0 Å². The molecule has 136 valence electrons. The second-order valence-corrected chi connectivity index (χ2v) is 6.13. The van der Waals surface area contributed by atoms with Crippen LogP contribution >= 0.6 is 11.8 Å². The third-order valence-corrected chi connectivity index (χ3v) is 4.09. The van der Waals surface area contributed by atoms with E-state index in [2.05, 4.69) is 20.6 Å². The first kappa shape index (κ1) is 18.3. The number of rotatable bonds is 4. The number of furan rings is 1. The van der Waals surface area contributed by atoms with Gasteiger partial charge in [0.25, 0.3) is 5.91 Å². The minimum atomic E-state index is -0.788. The van der Waals surface area contributed by atoms with Crippen LogP contribution in [0.25, 0.3) is 0 Å². The molecule has 0 fully saturated rings. The van der Waals surface area contributed by atoms with E-state index in [1.807, 2.05) is 6.07 Å². The average molecular weight is 383 g/mol. The lowest BCUT2D eigenvalue weighted by molar-refractivity contribution is -0.114. The number of carbonyl (C=O) groups is 3. The van der Waals surface area contributed by atoms with E-state index in [-0.39, 0.29) is 22.6 Å². The Morgan fingerprint density at radius 2 is 2.00 bits per heavy atom. The van der Waals surface area contributed by atoms with Crippen LogP contribution in [0.5, 0.6) is 0 Å². The van der Waals surface area contributed by atoms with Gasteiger partial charge in [0.1, 0.15) is 0 Å². The number of carbonyl (C=O) groups excluding carboxylic acids is 3. The minimum Gasteiger partial charge on any atom is -0.459 e. The Labute approximate surface area is 157 Å². The molecule has 3 amide bonds. The van der Waals surface area contributed by atoms with Crippen LogP contribution < -0.4 is 10.6 Å². The Hall–Kier alpha value is -3.53. The number of thioether (sulfide) groups is 1. The highest BCUT2D eigenvalue weighted by atomic mass is 32.2. The fourth-order valence-corrected chi connectivity index (χ4v) is 2.69. The van der Waals surface area contributed by atoms with Crippen LogP contribution in [-0.2, 0) is 9.59 Å². The monoisotopic (exact) mass is 383 g/mol. The molecule has 0 radical (unpaired) electrons. The molecule has 0 spiro atoms. The highest BCUT2D eigenvalue weighted by molar-refractivity contribution is 8.14. The maximum Gasteiger partial charge on any atom is 0.313 e. The number of hydrogen-bond acceptors (Lipinski definition) is 6. The van der Waals surface area contributed by atoms with Crippen molar-refractivity contribution in [2.45, 2.75) is 0 Å². The zero-order valence-corrected chi connectivity index (χ0v) is 14.6. The van der Waals surface area contributed by atoms with E-state index in [9.17, 15) is 14.4 Å². The number of para-hydroxylation sites is 1. The van der Waals surface area contributed by atoms with Crippen LogP contribution in [0.4, 0.5) is 5.69 Å². The van der Waals surface area contributed by atoms with Crippen molar-refractivity contribution in [3.05, 3.63) is 54.5 Å². The van der Waals surface area contributed by atoms with Gasteiger partial charge in [0.05, 0.1) is 12.0 Å². The Morgan fingerprint density at radius 3 is 2.67 bits per heavy atom. The summed E-state index contributed by atoms with van der Waals surface area (Å²) in [6, 6.07) is 11.8. The molecule has 9 nitrogen and oxygen atoms in total. The molecule has 0 atom stereocenters. The predicted molar refractivity (Wildman–Crippen MR) is 101 cm³/mol. The summed E-state index contributed by atoms with van der Waals surface area (Å²) in [4.78, 5) is 43.3. The van der Waals surface area contributed by atoms with Gasteiger partial charge < -0.3 is 9.73 Å². The smallest absolute Gasteiger partial charge is 0.313 e. The molecule has 0 bridgehead atoms. The summed E-state index contributed by atoms with van der Waals surface area (Å²) in [5.74, 6) is -2.36. The summed E-state index contributed by atoms with van der Waals surface area (Å²) in [5.41, 5.74) is 0.228. The Kier molecular flexibility index (Phi) is 5.57. The van der Waals surface area contributed by atoms with Gasteiger partial charge in [-0.15, -0.1) is 0 Å². The van der Waals surface area contributed by atoms with Crippen molar-refractivity contribution in [2.24, 2.45) is 9.98 Å². The van der Waals surface area contributed by atoms with Gasteiger partial charge in [-0.3, -0.25) is 25.1 Å². The van der Waals surface area contributed by atoms with Crippen molar-refractivity contribution in [1.82, 2.24) is 5.32 Å². The lowest BCUT2D eigenvalue weighted by atomic mass is 10.3. The van der Waals surface area contributed by atoms with E-state index >= 15 is 0 Å². The number of nitrogens with zero attached hydrogens (tertiary/aromatic N) is 2. The van der Waals surface area contributed by atoms with Crippen LogP contribution in [0.3, 0.4) is 0 Å².